The summed E-state index contributed by atoms with van der Waals surface area (Å²) < 4.78 is 0.719. The molecule has 0 spiro atoms. The standard InChI is InChI=1S/C13H14BrN3O/c14-12-7-13(16-9-15-12)17-11(8-18)6-10-4-2-1-3-5-10/h1-5,7,9,11,18H,6,8H2,(H,15,16,17). The summed E-state index contributed by atoms with van der Waals surface area (Å²) in [5.74, 6) is 0.701. The number of rotatable bonds is 5. The van der Waals surface area contributed by atoms with Crippen molar-refractivity contribution in [2.24, 2.45) is 0 Å². The molecule has 2 rings (SSSR count). The number of benzene rings is 1. The fraction of sp³-hybridized carbons (Fsp3) is 0.231. The van der Waals surface area contributed by atoms with E-state index in [1.165, 1.54) is 11.9 Å². The average Bonchev–Trinajstić information content (AvgIpc) is 2.39. The van der Waals surface area contributed by atoms with Crippen molar-refractivity contribution >= 4 is 21.7 Å². The zero-order valence-electron chi connectivity index (χ0n) is 9.75. The Hall–Kier alpha value is -1.46. The van der Waals surface area contributed by atoms with Gasteiger partial charge < -0.3 is 10.4 Å². The molecular weight excluding hydrogens is 294 g/mol. The molecule has 5 heteroatoms. The Morgan fingerprint density at radius 3 is 2.67 bits per heavy atom. The lowest BCUT2D eigenvalue weighted by molar-refractivity contribution is 0.273. The molecule has 0 radical (unpaired) electrons. The van der Waals surface area contributed by atoms with Crippen LogP contribution in [0, 0.1) is 0 Å². The smallest absolute Gasteiger partial charge is 0.130 e. The molecule has 0 saturated carbocycles. The second kappa shape index (κ2) is 6.47. The van der Waals surface area contributed by atoms with Gasteiger partial charge in [-0.1, -0.05) is 30.3 Å². The number of aromatic nitrogens is 2. The predicted molar refractivity (Wildman–Crippen MR) is 74.4 cm³/mol. The normalized spacial score (nSPS) is 12.1. The molecule has 2 N–H and O–H groups in total. The van der Waals surface area contributed by atoms with Gasteiger partial charge in [-0.2, -0.15) is 0 Å². The summed E-state index contributed by atoms with van der Waals surface area (Å²) in [6, 6.07) is 11.8. The van der Waals surface area contributed by atoms with Crippen LogP contribution >= 0.6 is 15.9 Å². The highest BCUT2D eigenvalue weighted by Gasteiger charge is 2.09. The maximum absolute atomic E-state index is 9.40. The number of nitrogens with one attached hydrogen (secondary N) is 1. The lowest BCUT2D eigenvalue weighted by atomic mass is 10.1. The zero-order valence-corrected chi connectivity index (χ0v) is 11.3. The summed E-state index contributed by atoms with van der Waals surface area (Å²) >= 11 is 3.29. The van der Waals surface area contributed by atoms with Crippen molar-refractivity contribution in [3.05, 3.63) is 52.9 Å². The van der Waals surface area contributed by atoms with E-state index >= 15 is 0 Å². The zero-order chi connectivity index (χ0) is 12.8. The quantitative estimate of drug-likeness (QED) is 0.832. The molecule has 1 aromatic carbocycles. The van der Waals surface area contributed by atoms with Crippen molar-refractivity contribution in [1.82, 2.24) is 9.97 Å². The third-order valence-electron chi connectivity index (χ3n) is 2.53. The number of aliphatic hydroxyl groups excluding tert-OH is 1. The third-order valence-corrected chi connectivity index (χ3v) is 2.96. The SMILES string of the molecule is OCC(Cc1ccccc1)Nc1cc(Br)ncn1. The minimum atomic E-state index is -0.0609. The molecule has 0 amide bonds. The molecule has 18 heavy (non-hydrogen) atoms. The van der Waals surface area contributed by atoms with Crippen LogP contribution in [0.25, 0.3) is 0 Å². The Kier molecular flexibility index (Phi) is 4.66. The van der Waals surface area contributed by atoms with E-state index in [0.29, 0.717) is 5.82 Å². The minimum Gasteiger partial charge on any atom is -0.394 e. The van der Waals surface area contributed by atoms with Crippen LogP contribution in [0.5, 0.6) is 0 Å². The number of hydrogen-bond donors (Lipinski definition) is 2. The monoisotopic (exact) mass is 307 g/mol. The van der Waals surface area contributed by atoms with Gasteiger partial charge in [0.15, 0.2) is 0 Å². The molecule has 0 bridgehead atoms. The molecule has 2 aromatic rings. The lowest BCUT2D eigenvalue weighted by Crippen LogP contribution is -2.26. The molecule has 1 heterocycles. The Labute approximate surface area is 114 Å². The second-order valence-corrected chi connectivity index (χ2v) is 4.75. The summed E-state index contributed by atoms with van der Waals surface area (Å²) in [5, 5.41) is 12.6. The summed E-state index contributed by atoms with van der Waals surface area (Å²) in [7, 11) is 0. The number of aliphatic hydroxyl groups is 1. The van der Waals surface area contributed by atoms with Gasteiger partial charge in [-0.25, -0.2) is 9.97 Å². The van der Waals surface area contributed by atoms with Gasteiger partial charge in [-0.15, -0.1) is 0 Å². The van der Waals surface area contributed by atoms with Gasteiger partial charge in [0.25, 0.3) is 0 Å². The largest absolute Gasteiger partial charge is 0.394 e. The summed E-state index contributed by atoms with van der Waals surface area (Å²) in [4.78, 5) is 8.07. The van der Waals surface area contributed by atoms with Crippen LogP contribution in [-0.4, -0.2) is 27.7 Å². The third kappa shape index (κ3) is 3.78. The molecule has 0 aliphatic rings. The van der Waals surface area contributed by atoms with Crippen LogP contribution < -0.4 is 5.32 Å². The van der Waals surface area contributed by atoms with Gasteiger partial charge in [0.1, 0.15) is 16.7 Å². The van der Waals surface area contributed by atoms with Crippen LogP contribution in [0.2, 0.25) is 0 Å². The highest BCUT2D eigenvalue weighted by Crippen LogP contribution is 2.12. The van der Waals surface area contributed by atoms with E-state index < -0.39 is 0 Å². The van der Waals surface area contributed by atoms with Crippen LogP contribution in [0.3, 0.4) is 0 Å². The first-order chi connectivity index (χ1) is 8.78. The molecule has 1 atom stereocenters. The minimum absolute atomic E-state index is 0.0521. The average molecular weight is 308 g/mol. The predicted octanol–water partition coefficient (Wildman–Crippen LogP) is 2.25. The highest BCUT2D eigenvalue weighted by molar-refractivity contribution is 9.10. The van der Waals surface area contributed by atoms with Gasteiger partial charge in [-0.3, -0.25) is 0 Å². The van der Waals surface area contributed by atoms with Crippen LogP contribution in [0.15, 0.2) is 47.3 Å². The Balaban J connectivity index is 2.01. The van der Waals surface area contributed by atoms with Crippen LogP contribution in [-0.2, 0) is 6.42 Å². The van der Waals surface area contributed by atoms with Crippen molar-refractivity contribution in [3.63, 3.8) is 0 Å². The van der Waals surface area contributed by atoms with Crippen molar-refractivity contribution in [2.75, 3.05) is 11.9 Å². The maximum Gasteiger partial charge on any atom is 0.130 e. The first-order valence-electron chi connectivity index (χ1n) is 5.67. The van der Waals surface area contributed by atoms with Crippen LogP contribution in [0.4, 0.5) is 5.82 Å². The highest BCUT2D eigenvalue weighted by atomic mass is 79.9. The van der Waals surface area contributed by atoms with Gasteiger partial charge in [0.2, 0.25) is 0 Å². The maximum atomic E-state index is 9.40. The van der Waals surface area contributed by atoms with E-state index in [0.717, 1.165) is 11.0 Å². The first kappa shape index (κ1) is 13.0. The van der Waals surface area contributed by atoms with Crippen molar-refractivity contribution < 1.29 is 5.11 Å². The molecule has 1 aromatic heterocycles. The Bertz CT molecular complexity index is 493. The second-order valence-electron chi connectivity index (χ2n) is 3.94. The van der Waals surface area contributed by atoms with Gasteiger partial charge in [0, 0.05) is 6.07 Å². The molecule has 4 nitrogen and oxygen atoms in total. The topological polar surface area (TPSA) is 58.0 Å². The van der Waals surface area contributed by atoms with Crippen LogP contribution in [0.1, 0.15) is 5.56 Å². The first-order valence-corrected chi connectivity index (χ1v) is 6.46. The lowest BCUT2D eigenvalue weighted by Gasteiger charge is -2.16. The molecule has 0 saturated heterocycles. The van der Waals surface area contributed by atoms with E-state index in [1.807, 2.05) is 30.3 Å². The number of anilines is 1. The van der Waals surface area contributed by atoms with Gasteiger partial charge in [0.05, 0.1) is 12.6 Å². The van der Waals surface area contributed by atoms with Gasteiger partial charge >= 0.3 is 0 Å². The van der Waals surface area contributed by atoms with E-state index in [4.69, 9.17) is 0 Å². The summed E-state index contributed by atoms with van der Waals surface area (Å²) in [6.07, 6.45) is 2.22. The van der Waals surface area contributed by atoms with Gasteiger partial charge in [-0.05, 0) is 27.9 Å². The molecule has 94 valence electrons. The van der Waals surface area contributed by atoms with Crippen molar-refractivity contribution in [1.29, 1.82) is 0 Å². The molecular formula is C13H14BrN3O. The van der Waals surface area contributed by atoms with E-state index in [1.54, 1.807) is 6.07 Å². The molecule has 1 unspecified atom stereocenters. The number of nitrogens with zero attached hydrogens (tertiary/aromatic N) is 2. The van der Waals surface area contributed by atoms with Crippen molar-refractivity contribution in [2.45, 2.75) is 12.5 Å². The molecule has 0 aliphatic carbocycles. The fourth-order valence-corrected chi connectivity index (χ4v) is 1.99. The number of hydrogen-bond acceptors (Lipinski definition) is 4. The summed E-state index contributed by atoms with van der Waals surface area (Å²) in [5.41, 5.74) is 1.18. The Morgan fingerprint density at radius 2 is 2.00 bits per heavy atom. The molecule has 0 aliphatic heterocycles. The van der Waals surface area contributed by atoms with E-state index in [9.17, 15) is 5.11 Å². The van der Waals surface area contributed by atoms with Crippen molar-refractivity contribution in [3.8, 4) is 0 Å². The molecule has 0 fully saturated rings. The number of halogens is 1. The summed E-state index contributed by atoms with van der Waals surface area (Å²) in [6.45, 7) is 0.0521. The fourth-order valence-electron chi connectivity index (χ4n) is 1.68. The van der Waals surface area contributed by atoms with E-state index in [2.05, 4.69) is 31.2 Å². The Morgan fingerprint density at radius 1 is 1.22 bits per heavy atom. The van der Waals surface area contributed by atoms with E-state index in [-0.39, 0.29) is 12.6 Å².